The van der Waals surface area contributed by atoms with Crippen molar-refractivity contribution in [3.8, 4) is 0 Å². The molecule has 29 heavy (non-hydrogen) atoms. The molecule has 0 unspecified atom stereocenters. The summed E-state index contributed by atoms with van der Waals surface area (Å²) in [5.74, 6) is -4.42. The molecule has 1 fully saturated rings. The fourth-order valence-electron chi connectivity index (χ4n) is 3.48. The highest BCUT2D eigenvalue weighted by atomic mass is 19.2. The normalized spacial score (nSPS) is 19.3. The summed E-state index contributed by atoms with van der Waals surface area (Å²) in [6.07, 6.45) is -0.625. The predicted octanol–water partition coefficient (Wildman–Crippen LogP) is 3.44. The zero-order valence-electron chi connectivity index (χ0n) is 16.0. The molecule has 1 aliphatic rings. The Morgan fingerprint density at radius 2 is 1.83 bits per heavy atom. The first-order valence-electron chi connectivity index (χ1n) is 9.31. The molecule has 0 aromatic heterocycles. The predicted molar refractivity (Wildman–Crippen MR) is 101 cm³/mol. The van der Waals surface area contributed by atoms with Crippen LogP contribution in [0.25, 0.3) is 0 Å². The second kappa shape index (κ2) is 9.76. The lowest BCUT2D eigenvalue weighted by Gasteiger charge is -2.20. The van der Waals surface area contributed by atoms with Crippen LogP contribution in [0.2, 0.25) is 0 Å². The number of nitrogens with one attached hydrogen (secondary N) is 1. The monoisotopic (exact) mass is 408 g/mol. The number of carbonyl (C=O) groups excluding carboxylic acids is 1. The van der Waals surface area contributed by atoms with Crippen LogP contribution in [-0.4, -0.2) is 50.4 Å². The van der Waals surface area contributed by atoms with Gasteiger partial charge in [0.05, 0.1) is 12.6 Å². The molecule has 1 aliphatic heterocycles. The molecule has 8 heteroatoms. The molecule has 1 N–H and O–H groups in total. The maximum Gasteiger partial charge on any atom is 0.407 e. The van der Waals surface area contributed by atoms with Gasteiger partial charge in [-0.15, -0.1) is 0 Å². The zero-order valence-corrected chi connectivity index (χ0v) is 16.0. The molecule has 2 aromatic rings. The molecule has 0 bridgehead atoms. The summed E-state index contributed by atoms with van der Waals surface area (Å²) in [5.41, 5.74) is 1.13. The first-order chi connectivity index (χ1) is 14.0. The van der Waals surface area contributed by atoms with Gasteiger partial charge in [0, 0.05) is 32.7 Å². The van der Waals surface area contributed by atoms with E-state index in [1.807, 2.05) is 35.2 Å². The highest BCUT2D eigenvalue weighted by Crippen LogP contribution is 2.30. The molecular formula is C21H23F3N2O3. The first kappa shape index (κ1) is 21.1. The first-order valence-corrected chi connectivity index (χ1v) is 9.31. The van der Waals surface area contributed by atoms with Crippen molar-refractivity contribution in [2.24, 2.45) is 0 Å². The van der Waals surface area contributed by atoms with Crippen LogP contribution in [-0.2, 0) is 16.1 Å². The van der Waals surface area contributed by atoms with Crippen LogP contribution >= 0.6 is 0 Å². The van der Waals surface area contributed by atoms with Crippen molar-refractivity contribution in [3.05, 3.63) is 71.0 Å². The van der Waals surface area contributed by atoms with Gasteiger partial charge in [0.1, 0.15) is 6.61 Å². The Morgan fingerprint density at radius 1 is 1.14 bits per heavy atom. The van der Waals surface area contributed by atoms with Crippen molar-refractivity contribution in [2.75, 3.05) is 33.4 Å². The Bertz CT molecular complexity index is 812. The van der Waals surface area contributed by atoms with Crippen molar-refractivity contribution in [2.45, 2.75) is 18.6 Å². The second-order valence-corrected chi connectivity index (χ2v) is 6.97. The van der Waals surface area contributed by atoms with Crippen LogP contribution in [0.1, 0.15) is 17.0 Å². The maximum absolute atomic E-state index is 13.7. The fraction of sp³-hybridized carbons (Fsp3) is 0.381. The lowest BCUT2D eigenvalue weighted by atomic mass is 9.94. The van der Waals surface area contributed by atoms with Crippen LogP contribution in [0.5, 0.6) is 0 Å². The fourth-order valence-corrected chi connectivity index (χ4v) is 3.48. The van der Waals surface area contributed by atoms with Crippen molar-refractivity contribution in [3.63, 3.8) is 0 Å². The molecule has 2 atom stereocenters. The number of hydrogen-bond acceptors (Lipinski definition) is 4. The Labute approximate surface area is 167 Å². The van der Waals surface area contributed by atoms with E-state index in [-0.39, 0.29) is 12.2 Å². The molecule has 0 spiro atoms. The van der Waals surface area contributed by atoms with Crippen LogP contribution in [0.4, 0.5) is 18.0 Å². The molecule has 0 aliphatic carbocycles. The van der Waals surface area contributed by atoms with E-state index >= 15 is 0 Å². The van der Waals surface area contributed by atoms with E-state index in [1.165, 1.54) is 0 Å². The van der Waals surface area contributed by atoms with Gasteiger partial charge >= 0.3 is 6.09 Å². The third-order valence-corrected chi connectivity index (χ3v) is 4.96. The van der Waals surface area contributed by atoms with E-state index in [9.17, 15) is 18.0 Å². The third kappa shape index (κ3) is 5.48. The van der Waals surface area contributed by atoms with Gasteiger partial charge < -0.3 is 14.8 Å². The van der Waals surface area contributed by atoms with Gasteiger partial charge in [0.15, 0.2) is 17.5 Å². The Morgan fingerprint density at radius 3 is 2.48 bits per heavy atom. The van der Waals surface area contributed by atoms with Crippen molar-refractivity contribution in [1.82, 2.24) is 10.2 Å². The number of hydrogen-bond donors (Lipinski definition) is 1. The zero-order chi connectivity index (χ0) is 20.8. The molecule has 5 nitrogen and oxygen atoms in total. The molecule has 0 saturated carbocycles. The number of nitrogens with zero attached hydrogens (tertiary/aromatic N) is 1. The Balaban J connectivity index is 1.70. The molecule has 1 saturated heterocycles. The Hall–Kier alpha value is -2.58. The summed E-state index contributed by atoms with van der Waals surface area (Å²) in [5, 5.41) is 2.78. The minimum atomic E-state index is -1.50. The van der Waals surface area contributed by atoms with Crippen LogP contribution in [0.3, 0.4) is 0 Å². The molecular weight excluding hydrogens is 385 g/mol. The number of amides is 1. The smallest absolute Gasteiger partial charge is 0.407 e. The summed E-state index contributed by atoms with van der Waals surface area (Å²) in [4.78, 5) is 14.3. The molecule has 1 heterocycles. The van der Waals surface area contributed by atoms with Crippen molar-refractivity contribution in [1.29, 1.82) is 0 Å². The minimum Gasteiger partial charge on any atom is -0.445 e. The van der Waals surface area contributed by atoms with Crippen LogP contribution < -0.4 is 5.32 Å². The molecule has 2 aromatic carbocycles. The number of rotatable bonds is 7. The van der Waals surface area contributed by atoms with E-state index in [0.717, 1.165) is 17.7 Å². The summed E-state index contributed by atoms with van der Waals surface area (Å²) in [7, 11) is 1.58. The van der Waals surface area contributed by atoms with E-state index in [1.54, 1.807) is 7.11 Å². The van der Waals surface area contributed by atoms with Gasteiger partial charge in [0.2, 0.25) is 0 Å². The standard InChI is InChI=1S/C21H23F3N2O3/c1-28-8-7-26-11-16(15-9-17(22)20(24)18(23)10-15)19(12-26)25-21(27)29-13-14-5-3-2-4-6-14/h2-6,9-10,16,19H,7-8,11-13H2,1H3,(H,25,27)/t16-,19+/m0/s1. The molecule has 3 rings (SSSR count). The summed E-state index contributed by atoms with van der Waals surface area (Å²) in [6, 6.07) is 10.7. The molecule has 0 radical (unpaired) electrons. The average molecular weight is 408 g/mol. The number of methoxy groups -OCH3 is 1. The molecule has 156 valence electrons. The quantitative estimate of drug-likeness (QED) is 0.713. The van der Waals surface area contributed by atoms with Gasteiger partial charge in [-0.05, 0) is 23.3 Å². The summed E-state index contributed by atoms with van der Waals surface area (Å²) >= 11 is 0. The number of halogens is 3. The lowest BCUT2D eigenvalue weighted by Crippen LogP contribution is -2.40. The highest BCUT2D eigenvalue weighted by molar-refractivity contribution is 5.68. The average Bonchev–Trinajstić information content (AvgIpc) is 3.12. The van der Waals surface area contributed by atoms with E-state index < -0.39 is 35.5 Å². The number of benzene rings is 2. The third-order valence-electron chi connectivity index (χ3n) is 4.96. The van der Waals surface area contributed by atoms with E-state index in [2.05, 4.69) is 5.32 Å². The van der Waals surface area contributed by atoms with Gasteiger partial charge in [-0.1, -0.05) is 30.3 Å². The van der Waals surface area contributed by atoms with Gasteiger partial charge in [0.25, 0.3) is 0 Å². The van der Waals surface area contributed by atoms with Crippen LogP contribution in [0.15, 0.2) is 42.5 Å². The number of likely N-dealkylation sites (tertiary alicyclic amines) is 1. The van der Waals surface area contributed by atoms with Crippen molar-refractivity contribution >= 4 is 6.09 Å². The largest absolute Gasteiger partial charge is 0.445 e. The van der Waals surface area contributed by atoms with Gasteiger partial charge in [-0.2, -0.15) is 0 Å². The SMILES string of the molecule is COCCN1C[C@@H](NC(=O)OCc2ccccc2)[C@H](c2cc(F)c(F)c(F)c2)C1. The highest BCUT2D eigenvalue weighted by Gasteiger charge is 2.36. The number of alkyl carbamates (subject to hydrolysis) is 1. The second-order valence-electron chi connectivity index (χ2n) is 6.97. The van der Waals surface area contributed by atoms with Crippen molar-refractivity contribution < 1.29 is 27.4 Å². The van der Waals surface area contributed by atoms with Crippen LogP contribution in [0, 0.1) is 17.5 Å². The lowest BCUT2D eigenvalue weighted by molar-refractivity contribution is 0.134. The maximum atomic E-state index is 13.7. The number of ether oxygens (including phenoxy) is 2. The van der Waals surface area contributed by atoms with E-state index in [0.29, 0.717) is 26.2 Å². The van der Waals surface area contributed by atoms with E-state index in [4.69, 9.17) is 9.47 Å². The van der Waals surface area contributed by atoms with Gasteiger partial charge in [-0.25, -0.2) is 18.0 Å². The van der Waals surface area contributed by atoms with Gasteiger partial charge in [-0.3, -0.25) is 4.90 Å². The minimum absolute atomic E-state index is 0.108. The number of carbonyl (C=O) groups is 1. The summed E-state index contributed by atoms with van der Waals surface area (Å²) in [6.45, 7) is 2.07. The Kier molecular flexibility index (Phi) is 7.11. The molecule has 1 amide bonds. The summed E-state index contributed by atoms with van der Waals surface area (Å²) < 4.78 is 51.1. The topological polar surface area (TPSA) is 50.8 Å².